The van der Waals surface area contributed by atoms with Gasteiger partial charge in [0, 0.05) is 17.3 Å². The van der Waals surface area contributed by atoms with Crippen LogP contribution >= 0.6 is 34.9 Å². The molecule has 1 aromatic carbocycles. The van der Waals surface area contributed by atoms with Crippen molar-refractivity contribution in [2.24, 2.45) is 0 Å². The fourth-order valence-electron chi connectivity index (χ4n) is 2.09. The van der Waals surface area contributed by atoms with Gasteiger partial charge < -0.3 is 0 Å². The number of thiazole rings is 1. The molecule has 0 saturated carbocycles. The average molecular weight is 320 g/mol. The molecule has 1 saturated heterocycles. The Morgan fingerprint density at radius 2 is 2.25 bits per heavy atom. The van der Waals surface area contributed by atoms with E-state index < -0.39 is 5.92 Å². The van der Waals surface area contributed by atoms with Crippen LogP contribution in [0.4, 0.5) is 0 Å². The highest BCUT2D eigenvalue weighted by atomic mass is 32.2. The Bertz CT molecular complexity index is 637. The van der Waals surface area contributed by atoms with E-state index in [-0.39, 0.29) is 11.0 Å². The van der Waals surface area contributed by atoms with Crippen molar-refractivity contribution < 1.29 is 4.79 Å². The molecule has 0 N–H and O–H groups in total. The van der Waals surface area contributed by atoms with Gasteiger partial charge in [-0.25, -0.2) is 4.98 Å². The number of rotatable bonds is 3. The lowest BCUT2D eigenvalue weighted by Gasteiger charge is -2.20. The minimum Gasteiger partial charge on any atom is -0.296 e. The van der Waals surface area contributed by atoms with Crippen LogP contribution in [0.1, 0.15) is 10.9 Å². The first-order chi connectivity index (χ1) is 9.79. The maximum atomic E-state index is 12.5. The van der Waals surface area contributed by atoms with Crippen LogP contribution in [-0.2, 0) is 4.79 Å². The number of hydrogen-bond donors (Lipinski definition) is 0. The van der Waals surface area contributed by atoms with E-state index in [1.165, 1.54) is 11.3 Å². The highest BCUT2D eigenvalue weighted by Crippen LogP contribution is 2.33. The summed E-state index contributed by atoms with van der Waals surface area (Å²) in [5.74, 6) is 2.19. The molecule has 1 aliphatic heterocycles. The maximum Gasteiger partial charge on any atom is 0.170 e. The van der Waals surface area contributed by atoms with Gasteiger partial charge in [0.1, 0.15) is 5.01 Å². The van der Waals surface area contributed by atoms with E-state index in [0.717, 1.165) is 27.5 Å². The van der Waals surface area contributed by atoms with Crippen LogP contribution in [0.15, 0.2) is 24.3 Å². The molecule has 0 amide bonds. The third-order valence-corrected chi connectivity index (χ3v) is 6.98. The molecule has 6 heteroatoms. The second-order valence-electron chi connectivity index (χ2n) is 4.42. The van der Waals surface area contributed by atoms with Crippen LogP contribution < -0.4 is 0 Å². The van der Waals surface area contributed by atoms with E-state index in [4.69, 9.17) is 0 Å². The summed E-state index contributed by atoms with van der Waals surface area (Å²) in [5, 5.41) is 9.96. The summed E-state index contributed by atoms with van der Waals surface area (Å²) in [4.78, 5) is 17.0. The second-order valence-corrected chi connectivity index (χ2v) is 7.94. The van der Waals surface area contributed by atoms with E-state index in [1.54, 1.807) is 23.5 Å². The van der Waals surface area contributed by atoms with Crippen molar-refractivity contribution in [3.8, 4) is 6.07 Å². The number of nitrogens with zero attached hydrogens (tertiary/aromatic N) is 2. The van der Waals surface area contributed by atoms with Crippen LogP contribution in [0.25, 0.3) is 10.2 Å². The first-order valence-electron chi connectivity index (χ1n) is 6.28. The van der Waals surface area contributed by atoms with Gasteiger partial charge in [-0.3, -0.25) is 4.79 Å². The molecule has 2 unspecified atom stereocenters. The molecular weight excluding hydrogens is 308 g/mol. The molecule has 0 aliphatic carbocycles. The predicted octanol–water partition coefficient (Wildman–Crippen LogP) is 3.32. The molecule has 2 heterocycles. The highest BCUT2D eigenvalue weighted by Gasteiger charge is 2.32. The van der Waals surface area contributed by atoms with Crippen LogP contribution in [0, 0.1) is 11.3 Å². The minimum atomic E-state index is -0.719. The van der Waals surface area contributed by atoms with E-state index in [9.17, 15) is 10.1 Å². The molecule has 20 heavy (non-hydrogen) atoms. The lowest BCUT2D eigenvalue weighted by Crippen LogP contribution is -2.28. The Hall–Kier alpha value is -1.03. The van der Waals surface area contributed by atoms with Gasteiger partial charge in [0.25, 0.3) is 0 Å². The third-order valence-electron chi connectivity index (χ3n) is 3.10. The molecule has 102 valence electrons. The lowest BCUT2D eigenvalue weighted by atomic mass is 10.0. The Labute approximate surface area is 129 Å². The van der Waals surface area contributed by atoms with Gasteiger partial charge in [0.05, 0.1) is 21.5 Å². The number of Topliss-reactive ketones (excluding diaryl/α,β-unsaturated/α-hetero) is 1. The van der Waals surface area contributed by atoms with Crippen molar-refractivity contribution in [1.29, 1.82) is 5.26 Å². The molecular formula is C14H12N2OS3. The summed E-state index contributed by atoms with van der Waals surface area (Å²) in [7, 11) is 0. The Morgan fingerprint density at radius 1 is 1.40 bits per heavy atom. The number of carbonyl (C=O) groups is 1. The van der Waals surface area contributed by atoms with Gasteiger partial charge in [-0.05, 0) is 12.1 Å². The Kier molecular flexibility index (Phi) is 4.29. The van der Waals surface area contributed by atoms with E-state index >= 15 is 0 Å². The molecule has 2 atom stereocenters. The number of fused-ring (bicyclic) bond motifs is 1. The molecule has 3 rings (SSSR count). The molecule has 1 fully saturated rings. The summed E-state index contributed by atoms with van der Waals surface area (Å²) in [6.45, 7) is 0. The van der Waals surface area contributed by atoms with Crippen molar-refractivity contribution >= 4 is 50.9 Å². The van der Waals surface area contributed by atoms with Gasteiger partial charge in [-0.1, -0.05) is 12.1 Å². The van der Waals surface area contributed by atoms with Gasteiger partial charge in [-0.15, -0.1) is 23.1 Å². The zero-order valence-corrected chi connectivity index (χ0v) is 13.1. The molecule has 3 nitrogen and oxygen atoms in total. The summed E-state index contributed by atoms with van der Waals surface area (Å²) in [6.07, 6.45) is 0. The molecule has 0 radical (unpaired) electrons. The van der Waals surface area contributed by atoms with E-state index in [1.807, 2.05) is 24.3 Å². The summed E-state index contributed by atoms with van der Waals surface area (Å²) >= 11 is 4.92. The zero-order valence-electron chi connectivity index (χ0n) is 10.6. The number of hydrogen-bond acceptors (Lipinski definition) is 6. The molecule has 1 aliphatic rings. The molecule has 1 aromatic heterocycles. The van der Waals surface area contributed by atoms with E-state index in [0.29, 0.717) is 5.01 Å². The third kappa shape index (κ3) is 2.71. The number of para-hydroxylation sites is 1. The summed E-state index contributed by atoms with van der Waals surface area (Å²) in [5.41, 5.74) is 0.867. The number of aromatic nitrogens is 1. The Morgan fingerprint density at radius 3 is 2.95 bits per heavy atom. The fourth-order valence-corrected chi connectivity index (χ4v) is 5.77. The normalized spacial score (nSPS) is 20.4. The monoisotopic (exact) mass is 320 g/mol. The molecule has 2 aromatic rings. The zero-order chi connectivity index (χ0) is 13.9. The first-order valence-corrected chi connectivity index (χ1v) is 9.30. The molecule has 0 spiro atoms. The number of benzene rings is 1. The Balaban J connectivity index is 1.89. The van der Waals surface area contributed by atoms with Crippen molar-refractivity contribution in [3.63, 3.8) is 0 Å². The van der Waals surface area contributed by atoms with Crippen LogP contribution in [0.2, 0.25) is 0 Å². The van der Waals surface area contributed by atoms with Crippen LogP contribution in [-0.4, -0.2) is 33.3 Å². The summed E-state index contributed by atoms with van der Waals surface area (Å²) in [6, 6.07) is 9.91. The van der Waals surface area contributed by atoms with Crippen LogP contribution in [0.5, 0.6) is 0 Å². The number of ketones is 1. The van der Waals surface area contributed by atoms with Crippen molar-refractivity contribution in [2.75, 3.05) is 17.3 Å². The van der Waals surface area contributed by atoms with E-state index in [2.05, 4.69) is 11.1 Å². The van der Waals surface area contributed by atoms with Gasteiger partial charge in [0.2, 0.25) is 0 Å². The average Bonchev–Trinajstić information content (AvgIpc) is 2.92. The topological polar surface area (TPSA) is 53.8 Å². The lowest BCUT2D eigenvalue weighted by molar-refractivity contribution is -0.118. The van der Waals surface area contributed by atoms with Gasteiger partial charge >= 0.3 is 0 Å². The van der Waals surface area contributed by atoms with Crippen molar-refractivity contribution in [1.82, 2.24) is 4.98 Å². The number of thioether (sulfide) groups is 2. The highest BCUT2D eigenvalue weighted by molar-refractivity contribution is 8.07. The van der Waals surface area contributed by atoms with Gasteiger partial charge in [-0.2, -0.15) is 17.0 Å². The van der Waals surface area contributed by atoms with Crippen LogP contribution in [0.3, 0.4) is 0 Å². The fraction of sp³-hybridized carbons (Fsp3) is 0.357. The number of carbonyl (C=O) groups excluding carboxylic acids is 1. The predicted molar refractivity (Wildman–Crippen MR) is 86.6 cm³/mol. The quantitative estimate of drug-likeness (QED) is 0.868. The second kappa shape index (κ2) is 6.17. The standard InChI is InChI=1S/C14H12N2OS3/c15-7-9(13(17)12-8-18-5-6-19-12)14-16-10-3-1-2-4-11(10)20-14/h1-4,9,12H,5-6,8H2. The first kappa shape index (κ1) is 13.9. The molecule has 0 bridgehead atoms. The SMILES string of the molecule is N#CC(C(=O)C1CSCCS1)c1nc2ccccc2s1. The summed E-state index contributed by atoms with van der Waals surface area (Å²) < 4.78 is 1.03. The van der Waals surface area contributed by atoms with Crippen molar-refractivity contribution in [3.05, 3.63) is 29.3 Å². The van der Waals surface area contributed by atoms with Gasteiger partial charge in [0.15, 0.2) is 11.7 Å². The largest absolute Gasteiger partial charge is 0.296 e. The smallest absolute Gasteiger partial charge is 0.170 e. The maximum absolute atomic E-state index is 12.5. The van der Waals surface area contributed by atoms with Crippen molar-refractivity contribution in [2.45, 2.75) is 11.2 Å². The number of nitriles is 1. The minimum absolute atomic E-state index is 0.0174.